The van der Waals surface area contributed by atoms with E-state index in [1.54, 1.807) is 0 Å². The predicted molar refractivity (Wildman–Crippen MR) is 65.5 cm³/mol. The number of hydrogen-bond acceptors (Lipinski definition) is 2. The van der Waals surface area contributed by atoms with Crippen LogP contribution in [0.2, 0.25) is 0 Å². The lowest BCUT2D eigenvalue weighted by atomic mass is 9.81. The Balaban J connectivity index is 2.35. The van der Waals surface area contributed by atoms with Gasteiger partial charge < -0.3 is 10.0 Å². The maximum atomic E-state index is 10.8. The van der Waals surface area contributed by atoms with Gasteiger partial charge in [0, 0.05) is 12.1 Å². The van der Waals surface area contributed by atoms with Crippen molar-refractivity contribution in [1.29, 1.82) is 0 Å². The number of hydrogen-bond donors (Lipinski definition) is 1. The Kier molecular flexibility index (Phi) is 4.36. The molecule has 0 unspecified atom stereocenters. The highest BCUT2D eigenvalue weighted by Gasteiger charge is 2.28. The van der Waals surface area contributed by atoms with E-state index in [4.69, 9.17) is 5.11 Å². The van der Waals surface area contributed by atoms with Gasteiger partial charge in [0.2, 0.25) is 0 Å². The molecule has 1 aliphatic carbocycles. The van der Waals surface area contributed by atoms with E-state index in [1.165, 1.54) is 0 Å². The molecule has 94 valence electrons. The van der Waals surface area contributed by atoms with Crippen molar-refractivity contribution in [2.24, 2.45) is 11.8 Å². The normalized spacial score (nSPS) is 27.1. The van der Waals surface area contributed by atoms with E-state index in [0.29, 0.717) is 5.92 Å². The third-order valence-corrected chi connectivity index (χ3v) is 3.87. The summed E-state index contributed by atoms with van der Waals surface area (Å²) in [5.74, 6) is -0.0151. The van der Waals surface area contributed by atoms with Crippen LogP contribution in [0.25, 0.3) is 0 Å². The lowest BCUT2D eigenvalue weighted by Crippen LogP contribution is -2.42. The van der Waals surface area contributed by atoms with E-state index in [1.807, 2.05) is 0 Å². The molecule has 16 heavy (non-hydrogen) atoms. The molecular weight excluding hydrogens is 202 g/mol. The maximum Gasteiger partial charge on any atom is 0.306 e. The molecule has 1 aliphatic rings. The lowest BCUT2D eigenvalue weighted by molar-refractivity contribution is -0.143. The summed E-state index contributed by atoms with van der Waals surface area (Å²) in [6, 6.07) is 0. The molecule has 1 saturated carbocycles. The molecule has 0 amide bonds. The van der Waals surface area contributed by atoms with E-state index >= 15 is 0 Å². The third-order valence-electron chi connectivity index (χ3n) is 3.87. The summed E-state index contributed by atoms with van der Waals surface area (Å²) in [6.07, 6.45) is 3.85. The molecule has 0 saturated heterocycles. The molecule has 0 aliphatic heterocycles. The van der Waals surface area contributed by atoms with Gasteiger partial charge in [0.05, 0.1) is 5.92 Å². The standard InChI is InChI=1S/C13H25NO2/c1-13(2,3)14(4)9-10-5-7-11(8-6-10)12(15)16/h10-11H,5-9H2,1-4H3,(H,15,16). The van der Waals surface area contributed by atoms with E-state index in [-0.39, 0.29) is 11.5 Å². The van der Waals surface area contributed by atoms with Gasteiger partial charge in [-0.15, -0.1) is 0 Å². The topological polar surface area (TPSA) is 40.5 Å². The zero-order valence-corrected chi connectivity index (χ0v) is 11.0. The SMILES string of the molecule is CN(CC1CCC(C(=O)O)CC1)C(C)(C)C. The minimum absolute atomic E-state index is 0.0869. The second-order valence-electron chi connectivity index (χ2n) is 6.11. The van der Waals surface area contributed by atoms with E-state index in [9.17, 15) is 4.79 Å². The van der Waals surface area contributed by atoms with Gasteiger partial charge in [0.25, 0.3) is 0 Å². The van der Waals surface area contributed by atoms with Crippen molar-refractivity contribution in [3.05, 3.63) is 0 Å². The number of carboxylic acids is 1. The molecule has 3 heteroatoms. The molecule has 0 aromatic carbocycles. The summed E-state index contributed by atoms with van der Waals surface area (Å²) >= 11 is 0. The number of carboxylic acid groups (broad SMARTS) is 1. The molecule has 0 spiro atoms. The molecule has 0 aromatic rings. The van der Waals surface area contributed by atoms with Crippen LogP contribution in [0, 0.1) is 11.8 Å². The Bertz CT molecular complexity index is 237. The molecule has 0 bridgehead atoms. The van der Waals surface area contributed by atoms with Gasteiger partial charge in [-0.05, 0) is 59.4 Å². The first-order valence-electron chi connectivity index (χ1n) is 6.24. The summed E-state index contributed by atoms with van der Waals surface area (Å²) in [4.78, 5) is 13.2. The average molecular weight is 227 g/mol. The number of carbonyl (C=O) groups is 1. The van der Waals surface area contributed by atoms with Crippen molar-refractivity contribution in [3.8, 4) is 0 Å². The van der Waals surface area contributed by atoms with Gasteiger partial charge in [-0.1, -0.05) is 0 Å². The highest BCUT2D eigenvalue weighted by atomic mass is 16.4. The highest BCUT2D eigenvalue weighted by molar-refractivity contribution is 5.69. The van der Waals surface area contributed by atoms with Crippen LogP contribution in [0.4, 0.5) is 0 Å². The predicted octanol–water partition coefficient (Wildman–Crippen LogP) is 2.61. The van der Waals surface area contributed by atoms with Gasteiger partial charge in [-0.25, -0.2) is 0 Å². The van der Waals surface area contributed by atoms with Gasteiger partial charge in [-0.3, -0.25) is 4.79 Å². The molecule has 0 radical (unpaired) electrons. The fraction of sp³-hybridized carbons (Fsp3) is 0.923. The lowest BCUT2D eigenvalue weighted by Gasteiger charge is -2.36. The molecular formula is C13H25NO2. The van der Waals surface area contributed by atoms with E-state index in [2.05, 4.69) is 32.7 Å². The minimum atomic E-state index is -0.609. The second-order valence-corrected chi connectivity index (χ2v) is 6.11. The molecule has 0 heterocycles. The monoisotopic (exact) mass is 227 g/mol. The van der Waals surface area contributed by atoms with Gasteiger partial charge >= 0.3 is 5.97 Å². The zero-order chi connectivity index (χ0) is 12.3. The van der Waals surface area contributed by atoms with Gasteiger partial charge in [0.15, 0.2) is 0 Å². The van der Waals surface area contributed by atoms with Crippen LogP contribution in [0.15, 0.2) is 0 Å². The van der Waals surface area contributed by atoms with E-state index in [0.717, 1.165) is 32.2 Å². The quantitative estimate of drug-likeness (QED) is 0.805. The Morgan fingerprint density at radius 3 is 2.12 bits per heavy atom. The second kappa shape index (κ2) is 5.17. The highest BCUT2D eigenvalue weighted by Crippen LogP contribution is 2.30. The maximum absolute atomic E-state index is 10.8. The minimum Gasteiger partial charge on any atom is -0.481 e. The van der Waals surface area contributed by atoms with Crippen LogP contribution < -0.4 is 0 Å². The molecule has 1 rings (SSSR count). The first-order chi connectivity index (χ1) is 7.30. The molecule has 1 fully saturated rings. The molecule has 3 nitrogen and oxygen atoms in total. The first-order valence-corrected chi connectivity index (χ1v) is 6.24. The fourth-order valence-electron chi connectivity index (χ4n) is 2.25. The van der Waals surface area contributed by atoms with Crippen molar-refractivity contribution in [2.45, 2.75) is 52.0 Å². The summed E-state index contributed by atoms with van der Waals surface area (Å²) in [5, 5.41) is 8.93. The van der Waals surface area contributed by atoms with Crippen molar-refractivity contribution < 1.29 is 9.90 Å². The largest absolute Gasteiger partial charge is 0.481 e. The van der Waals surface area contributed by atoms with Crippen LogP contribution in [-0.4, -0.2) is 35.1 Å². The molecule has 1 N–H and O–H groups in total. The summed E-state index contributed by atoms with van der Waals surface area (Å²) in [5.41, 5.74) is 0.212. The summed E-state index contributed by atoms with van der Waals surface area (Å²) in [6.45, 7) is 7.75. The van der Waals surface area contributed by atoms with Gasteiger partial charge in [-0.2, -0.15) is 0 Å². The zero-order valence-electron chi connectivity index (χ0n) is 11.0. The van der Waals surface area contributed by atoms with Crippen LogP contribution in [-0.2, 0) is 4.79 Å². The van der Waals surface area contributed by atoms with Crippen molar-refractivity contribution in [2.75, 3.05) is 13.6 Å². The first kappa shape index (κ1) is 13.5. The third kappa shape index (κ3) is 3.78. The fourth-order valence-corrected chi connectivity index (χ4v) is 2.25. The van der Waals surface area contributed by atoms with Crippen LogP contribution >= 0.6 is 0 Å². The number of aliphatic carboxylic acids is 1. The Morgan fingerprint density at radius 1 is 1.25 bits per heavy atom. The summed E-state index contributed by atoms with van der Waals surface area (Å²) in [7, 11) is 2.16. The van der Waals surface area contributed by atoms with Crippen molar-refractivity contribution >= 4 is 5.97 Å². The van der Waals surface area contributed by atoms with E-state index < -0.39 is 5.97 Å². The smallest absolute Gasteiger partial charge is 0.306 e. The summed E-state index contributed by atoms with van der Waals surface area (Å²) < 4.78 is 0. The average Bonchev–Trinajstić information content (AvgIpc) is 2.17. The Morgan fingerprint density at radius 2 is 1.75 bits per heavy atom. The van der Waals surface area contributed by atoms with Crippen LogP contribution in [0.5, 0.6) is 0 Å². The Labute approximate surface area is 98.8 Å². The van der Waals surface area contributed by atoms with Crippen LogP contribution in [0.1, 0.15) is 46.5 Å². The number of rotatable bonds is 3. The van der Waals surface area contributed by atoms with Crippen molar-refractivity contribution in [3.63, 3.8) is 0 Å². The number of nitrogens with zero attached hydrogens (tertiary/aromatic N) is 1. The van der Waals surface area contributed by atoms with Crippen LogP contribution in [0.3, 0.4) is 0 Å². The van der Waals surface area contributed by atoms with Gasteiger partial charge in [0.1, 0.15) is 0 Å². The molecule has 0 aromatic heterocycles. The van der Waals surface area contributed by atoms with Crippen molar-refractivity contribution in [1.82, 2.24) is 4.90 Å². The Hall–Kier alpha value is -0.570. The molecule has 0 atom stereocenters.